The van der Waals surface area contributed by atoms with Gasteiger partial charge in [-0.2, -0.15) is 0 Å². The molecule has 1 saturated heterocycles. The van der Waals surface area contributed by atoms with Gasteiger partial charge in [-0.3, -0.25) is 4.99 Å². The number of ether oxygens (including phenoxy) is 1. The van der Waals surface area contributed by atoms with Crippen molar-refractivity contribution < 1.29 is 9.13 Å². The van der Waals surface area contributed by atoms with Crippen molar-refractivity contribution in [1.29, 1.82) is 0 Å². The third kappa shape index (κ3) is 7.26. The number of piperidine rings is 1. The number of benzene rings is 1. The van der Waals surface area contributed by atoms with Gasteiger partial charge >= 0.3 is 0 Å². The van der Waals surface area contributed by atoms with Crippen LogP contribution in [0.2, 0.25) is 0 Å². The van der Waals surface area contributed by atoms with E-state index in [1.54, 1.807) is 25.2 Å². The maximum Gasteiger partial charge on any atom is 0.191 e. The van der Waals surface area contributed by atoms with E-state index in [0.717, 1.165) is 31.9 Å². The maximum atomic E-state index is 13.6. The van der Waals surface area contributed by atoms with E-state index in [1.165, 1.54) is 6.07 Å². The highest BCUT2D eigenvalue weighted by molar-refractivity contribution is 14.0. The van der Waals surface area contributed by atoms with Crippen molar-refractivity contribution in [2.45, 2.75) is 51.8 Å². The van der Waals surface area contributed by atoms with Crippen molar-refractivity contribution in [3.8, 4) is 5.75 Å². The molecule has 148 valence electrons. The fourth-order valence-corrected chi connectivity index (χ4v) is 2.99. The minimum Gasteiger partial charge on any atom is -0.486 e. The predicted octanol–water partition coefficient (Wildman–Crippen LogP) is 3.25. The number of guanidine groups is 1. The molecule has 1 unspecified atom stereocenters. The van der Waals surface area contributed by atoms with Gasteiger partial charge in [0.1, 0.15) is 6.10 Å². The lowest BCUT2D eigenvalue weighted by molar-refractivity contribution is 0.167. The van der Waals surface area contributed by atoms with E-state index in [4.69, 9.17) is 4.74 Å². The molecule has 1 aliphatic heterocycles. The first-order valence-electron chi connectivity index (χ1n) is 9.12. The summed E-state index contributed by atoms with van der Waals surface area (Å²) >= 11 is 0. The Labute approximate surface area is 173 Å². The normalized spacial score (nSPS) is 17.5. The molecular weight excluding hydrogens is 446 g/mol. The summed E-state index contributed by atoms with van der Waals surface area (Å²) in [5, 5.41) is 6.75. The van der Waals surface area contributed by atoms with Crippen molar-refractivity contribution in [2.75, 3.05) is 26.7 Å². The van der Waals surface area contributed by atoms with Gasteiger partial charge in [0.15, 0.2) is 17.5 Å². The molecule has 26 heavy (non-hydrogen) atoms. The largest absolute Gasteiger partial charge is 0.486 e. The number of halogens is 2. The highest BCUT2D eigenvalue weighted by Gasteiger charge is 2.21. The first kappa shape index (κ1) is 23.0. The SMILES string of the molecule is CN=C(NCC(C)Oc1ccccc1F)NC1CCN(C(C)C)CC1.I. The van der Waals surface area contributed by atoms with Crippen LogP contribution in [0.15, 0.2) is 29.3 Å². The van der Waals surface area contributed by atoms with Crippen LogP contribution in [0.1, 0.15) is 33.6 Å². The molecule has 0 amide bonds. The number of hydrogen-bond acceptors (Lipinski definition) is 3. The molecule has 5 nitrogen and oxygen atoms in total. The fraction of sp³-hybridized carbons (Fsp3) is 0.632. The molecule has 2 rings (SSSR count). The highest BCUT2D eigenvalue weighted by atomic mass is 127. The van der Waals surface area contributed by atoms with E-state index in [-0.39, 0.29) is 41.6 Å². The maximum absolute atomic E-state index is 13.6. The monoisotopic (exact) mass is 478 g/mol. The van der Waals surface area contributed by atoms with Gasteiger partial charge in [0.25, 0.3) is 0 Å². The number of aliphatic imine (C=N–C) groups is 1. The molecule has 0 aromatic heterocycles. The van der Waals surface area contributed by atoms with Crippen LogP contribution in [-0.2, 0) is 0 Å². The van der Waals surface area contributed by atoms with Gasteiger partial charge in [-0.15, -0.1) is 24.0 Å². The number of rotatable bonds is 6. The van der Waals surface area contributed by atoms with Crippen molar-refractivity contribution in [1.82, 2.24) is 15.5 Å². The smallest absolute Gasteiger partial charge is 0.191 e. The Balaban J connectivity index is 0.00000338. The molecule has 1 heterocycles. The Kier molecular flexibility index (Phi) is 10.2. The molecule has 7 heteroatoms. The second-order valence-corrected chi connectivity index (χ2v) is 6.86. The van der Waals surface area contributed by atoms with E-state index in [1.807, 2.05) is 6.92 Å². The lowest BCUT2D eigenvalue weighted by Crippen LogP contribution is -2.50. The third-order valence-electron chi connectivity index (χ3n) is 4.55. The Morgan fingerprint density at radius 3 is 2.50 bits per heavy atom. The van der Waals surface area contributed by atoms with Crippen LogP contribution in [-0.4, -0.2) is 55.7 Å². The zero-order valence-corrected chi connectivity index (χ0v) is 18.5. The van der Waals surface area contributed by atoms with Crippen LogP contribution in [0.4, 0.5) is 4.39 Å². The average molecular weight is 478 g/mol. The second kappa shape index (κ2) is 11.6. The summed E-state index contributed by atoms with van der Waals surface area (Å²) in [6.45, 7) is 9.17. The summed E-state index contributed by atoms with van der Waals surface area (Å²) in [5.74, 6) is 0.710. The third-order valence-corrected chi connectivity index (χ3v) is 4.55. The summed E-state index contributed by atoms with van der Waals surface area (Å²) < 4.78 is 19.3. The molecule has 0 spiro atoms. The lowest BCUT2D eigenvalue weighted by Gasteiger charge is -2.35. The molecule has 1 aromatic rings. The van der Waals surface area contributed by atoms with Crippen molar-refractivity contribution in [3.63, 3.8) is 0 Å². The van der Waals surface area contributed by atoms with Gasteiger partial charge in [-0.1, -0.05) is 12.1 Å². The topological polar surface area (TPSA) is 48.9 Å². The summed E-state index contributed by atoms with van der Waals surface area (Å²) in [5.41, 5.74) is 0. The number of likely N-dealkylation sites (tertiary alicyclic amines) is 1. The van der Waals surface area contributed by atoms with Gasteiger partial charge in [0.2, 0.25) is 0 Å². The summed E-state index contributed by atoms with van der Waals surface area (Å²) in [6.07, 6.45) is 2.05. The number of nitrogens with one attached hydrogen (secondary N) is 2. The van der Waals surface area contributed by atoms with Gasteiger partial charge in [-0.05, 0) is 45.7 Å². The molecule has 0 aliphatic carbocycles. The van der Waals surface area contributed by atoms with Gasteiger partial charge in [-0.25, -0.2) is 4.39 Å². The van der Waals surface area contributed by atoms with Crippen LogP contribution >= 0.6 is 24.0 Å². The molecule has 0 bridgehead atoms. The first-order valence-corrected chi connectivity index (χ1v) is 9.12. The van der Waals surface area contributed by atoms with Crippen LogP contribution in [0.5, 0.6) is 5.75 Å². The Hall–Kier alpha value is -1.09. The molecule has 1 atom stereocenters. The van der Waals surface area contributed by atoms with Crippen molar-refractivity contribution >= 4 is 29.9 Å². The average Bonchev–Trinajstić information content (AvgIpc) is 2.61. The molecule has 1 fully saturated rings. The second-order valence-electron chi connectivity index (χ2n) is 6.86. The predicted molar refractivity (Wildman–Crippen MR) is 116 cm³/mol. The van der Waals surface area contributed by atoms with Gasteiger partial charge in [0.05, 0.1) is 6.54 Å². The Morgan fingerprint density at radius 1 is 1.27 bits per heavy atom. The zero-order valence-electron chi connectivity index (χ0n) is 16.2. The van der Waals surface area contributed by atoms with E-state index in [0.29, 0.717) is 18.6 Å². The highest BCUT2D eigenvalue weighted by Crippen LogP contribution is 2.17. The van der Waals surface area contributed by atoms with Crippen LogP contribution in [0.25, 0.3) is 0 Å². The van der Waals surface area contributed by atoms with Crippen LogP contribution in [0.3, 0.4) is 0 Å². The fourth-order valence-electron chi connectivity index (χ4n) is 2.99. The van der Waals surface area contributed by atoms with E-state index >= 15 is 0 Å². The standard InChI is InChI=1S/C19H31FN4O.HI/c1-14(2)24-11-9-16(10-12-24)23-19(21-4)22-13-15(3)25-18-8-6-5-7-17(18)20;/h5-8,14-16H,9-13H2,1-4H3,(H2,21,22,23);1H. The van der Waals surface area contributed by atoms with E-state index in [9.17, 15) is 4.39 Å². The Morgan fingerprint density at radius 2 is 1.92 bits per heavy atom. The molecule has 1 aliphatic rings. The minimum absolute atomic E-state index is 0. The van der Waals surface area contributed by atoms with Crippen LogP contribution in [0, 0.1) is 5.82 Å². The Bertz CT molecular complexity index is 562. The quantitative estimate of drug-likeness (QED) is 0.375. The van der Waals surface area contributed by atoms with Crippen molar-refractivity contribution in [3.05, 3.63) is 30.1 Å². The summed E-state index contributed by atoms with van der Waals surface area (Å²) in [7, 11) is 1.76. The molecule has 1 aromatic carbocycles. The van der Waals surface area contributed by atoms with E-state index in [2.05, 4.69) is 34.4 Å². The molecular formula is C19H32FIN4O. The van der Waals surface area contributed by atoms with Gasteiger partial charge < -0.3 is 20.3 Å². The summed E-state index contributed by atoms with van der Waals surface area (Å²) in [4.78, 5) is 6.78. The molecule has 0 saturated carbocycles. The van der Waals surface area contributed by atoms with E-state index < -0.39 is 0 Å². The zero-order chi connectivity index (χ0) is 18.2. The molecule has 2 N–H and O–H groups in total. The lowest BCUT2D eigenvalue weighted by atomic mass is 10.0. The number of nitrogens with zero attached hydrogens (tertiary/aromatic N) is 2. The number of hydrogen-bond donors (Lipinski definition) is 2. The van der Waals surface area contributed by atoms with Crippen LogP contribution < -0.4 is 15.4 Å². The number of para-hydroxylation sites is 1. The van der Waals surface area contributed by atoms with Crippen molar-refractivity contribution in [2.24, 2.45) is 4.99 Å². The first-order chi connectivity index (χ1) is 12.0. The van der Waals surface area contributed by atoms with Gasteiger partial charge in [0, 0.05) is 32.2 Å². The molecule has 0 radical (unpaired) electrons. The minimum atomic E-state index is -0.339. The summed E-state index contributed by atoms with van der Waals surface area (Å²) in [6, 6.07) is 7.50.